The largest absolute Gasteiger partial charge is 0.460 e. The maximum atomic E-state index is 12.3. The smallest absolute Gasteiger partial charge is 0.408 e. The van der Waals surface area contributed by atoms with Crippen molar-refractivity contribution in [3.8, 4) is 0 Å². The van der Waals surface area contributed by atoms with Gasteiger partial charge in [0.2, 0.25) is 0 Å². The van der Waals surface area contributed by atoms with Gasteiger partial charge in [-0.25, -0.2) is 4.79 Å². The average Bonchev–Trinajstić information content (AvgIpc) is 2.36. The lowest BCUT2D eigenvalue weighted by molar-refractivity contribution is -0.300. The van der Waals surface area contributed by atoms with Crippen molar-refractivity contribution in [2.75, 3.05) is 0 Å². The second-order valence-corrected chi connectivity index (χ2v) is 8.84. The summed E-state index contributed by atoms with van der Waals surface area (Å²) in [5.41, 5.74) is -1.26. The number of carbonyl (C=O) groups is 2. The van der Waals surface area contributed by atoms with Crippen molar-refractivity contribution in [3.63, 3.8) is 0 Å². The van der Waals surface area contributed by atoms with Crippen LogP contribution in [0.1, 0.15) is 61.8 Å². The zero-order chi connectivity index (χ0) is 20.3. The molecule has 0 spiro atoms. The second kappa shape index (κ2) is 7.96. The number of amides is 1. The predicted octanol–water partition coefficient (Wildman–Crippen LogP) is 3.32. The first kappa shape index (κ1) is 22.4. The van der Waals surface area contributed by atoms with Gasteiger partial charge in [0.25, 0.3) is 0 Å². The third-order valence-corrected chi connectivity index (χ3v) is 3.31. The van der Waals surface area contributed by atoms with E-state index < -0.39 is 47.3 Å². The Morgan fingerprint density at radius 3 is 2.08 bits per heavy atom. The Bertz CT molecular complexity index is 529. The number of alkyl carbamates (subject to hydrolysis) is 1. The Hall–Kier alpha value is -1.60. The molecule has 7 heteroatoms. The van der Waals surface area contributed by atoms with Gasteiger partial charge in [-0.15, -0.1) is 6.58 Å². The highest BCUT2D eigenvalue weighted by Crippen LogP contribution is 2.30. The van der Waals surface area contributed by atoms with Crippen LogP contribution in [-0.4, -0.2) is 47.3 Å². The Balaban J connectivity index is 2.96. The van der Waals surface area contributed by atoms with E-state index in [0.717, 1.165) is 0 Å². The Kier molecular flexibility index (Phi) is 6.87. The van der Waals surface area contributed by atoms with Crippen LogP contribution >= 0.6 is 0 Å². The molecule has 0 unspecified atom stereocenters. The highest BCUT2D eigenvalue weighted by Gasteiger charge is 2.44. The van der Waals surface area contributed by atoms with Crippen LogP contribution < -0.4 is 5.32 Å². The summed E-state index contributed by atoms with van der Waals surface area (Å²) >= 11 is 0. The van der Waals surface area contributed by atoms with Gasteiger partial charge in [0, 0.05) is 0 Å². The molecule has 1 aliphatic heterocycles. The Morgan fingerprint density at radius 2 is 1.62 bits per heavy atom. The molecule has 1 saturated heterocycles. The third-order valence-electron chi connectivity index (χ3n) is 3.31. The SMILES string of the molecule is C=C[C@H]1OC(C)(C)O[C@@H](CC(=O)OC(C)(C)C)[C@H]1NC(=O)OC(C)(C)C. The van der Waals surface area contributed by atoms with Crippen LogP contribution in [0.2, 0.25) is 0 Å². The highest BCUT2D eigenvalue weighted by atomic mass is 16.7. The monoisotopic (exact) mass is 371 g/mol. The van der Waals surface area contributed by atoms with Crippen molar-refractivity contribution in [1.29, 1.82) is 0 Å². The molecule has 0 aromatic rings. The number of nitrogens with one attached hydrogen (secondary N) is 1. The number of ether oxygens (including phenoxy) is 4. The van der Waals surface area contributed by atoms with E-state index in [1.54, 1.807) is 61.5 Å². The van der Waals surface area contributed by atoms with Crippen LogP contribution in [0.5, 0.6) is 0 Å². The standard InChI is InChI=1S/C19H33NO6/c1-10-12-15(20-16(22)26-18(5,6)7)13(24-19(8,9)23-12)11-14(21)25-17(2,3)4/h10,12-13,15H,1,11H2,2-9H3,(H,20,22)/t12-,13+,15+/m1/s1. The quantitative estimate of drug-likeness (QED) is 0.603. The van der Waals surface area contributed by atoms with Crippen LogP contribution in [-0.2, 0) is 23.7 Å². The van der Waals surface area contributed by atoms with Crippen molar-refractivity contribution >= 4 is 12.1 Å². The molecule has 0 aromatic carbocycles. The molecule has 26 heavy (non-hydrogen) atoms. The summed E-state index contributed by atoms with van der Waals surface area (Å²) < 4.78 is 22.4. The van der Waals surface area contributed by atoms with E-state index in [1.807, 2.05) is 0 Å². The molecule has 0 saturated carbocycles. The number of esters is 1. The molecule has 1 aliphatic rings. The fraction of sp³-hybridized carbons (Fsp3) is 0.789. The fourth-order valence-corrected chi connectivity index (χ4v) is 2.61. The lowest BCUT2D eigenvalue weighted by Crippen LogP contribution is -2.61. The first-order valence-corrected chi connectivity index (χ1v) is 8.81. The molecule has 3 atom stereocenters. The lowest BCUT2D eigenvalue weighted by Gasteiger charge is -2.45. The van der Waals surface area contributed by atoms with Crippen molar-refractivity contribution in [1.82, 2.24) is 5.32 Å². The molecule has 1 N–H and O–H groups in total. The Morgan fingerprint density at radius 1 is 1.08 bits per heavy atom. The number of carbonyl (C=O) groups excluding carboxylic acids is 2. The molecule has 0 aliphatic carbocycles. The van der Waals surface area contributed by atoms with Gasteiger partial charge in [-0.2, -0.15) is 0 Å². The molecule has 1 fully saturated rings. The summed E-state index contributed by atoms with van der Waals surface area (Å²) in [4.78, 5) is 24.5. The molecule has 150 valence electrons. The van der Waals surface area contributed by atoms with Gasteiger partial charge in [-0.1, -0.05) is 6.08 Å². The van der Waals surface area contributed by atoms with Crippen molar-refractivity contribution in [3.05, 3.63) is 12.7 Å². The van der Waals surface area contributed by atoms with E-state index in [1.165, 1.54) is 0 Å². The maximum absolute atomic E-state index is 12.3. The fourth-order valence-electron chi connectivity index (χ4n) is 2.61. The summed E-state index contributed by atoms with van der Waals surface area (Å²) in [6.45, 7) is 18.0. The summed E-state index contributed by atoms with van der Waals surface area (Å²) in [5.74, 6) is -1.35. The van der Waals surface area contributed by atoms with E-state index in [-0.39, 0.29) is 6.42 Å². The molecule has 1 heterocycles. The van der Waals surface area contributed by atoms with Gasteiger partial charge in [0.15, 0.2) is 5.79 Å². The van der Waals surface area contributed by atoms with Gasteiger partial charge < -0.3 is 24.3 Å². The zero-order valence-corrected chi connectivity index (χ0v) is 17.2. The van der Waals surface area contributed by atoms with Crippen molar-refractivity contribution < 1.29 is 28.5 Å². The number of rotatable bonds is 4. The molecular formula is C19H33NO6. The van der Waals surface area contributed by atoms with E-state index in [0.29, 0.717) is 0 Å². The second-order valence-electron chi connectivity index (χ2n) is 8.84. The first-order chi connectivity index (χ1) is 11.6. The average molecular weight is 371 g/mol. The van der Waals surface area contributed by atoms with Gasteiger partial charge in [0.05, 0.1) is 18.6 Å². The summed E-state index contributed by atoms with van der Waals surface area (Å²) in [5, 5.41) is 2.74. The summed E-state index contributed by atoms with van der Waals surface area (Å²) in [7, 11) is 0. The Labute approximate surface area is 156 Å². The predicted molar refractivity (Wildman–Crippen MR) is 97.6 cm³/mol. The first-order valence-electron chi connectivity index (χ1n) is 8.81. The van der Waals surface area contributed by atoms with Crippen LogP contribution in [0.3, 0.4) is 0 Å². The minimum absolute atomic E-state index is 0.0329. The molecule has 0 aromatic heterocycles. The zero-order valence-electron chi connectivity index (χ0n) is 17.2. The molecule has 1 amide bonds. The minimum atomic E-state index is -0.933. The van der Waals surface area contributed by atoms with Crippen LogP contribution in [0.25, 0.3) is 0 Å². The molecule has 0 radical (unpaired) electrons. The topological polar surface area (TPSA) is 83.1 Å². The lowest BCUT2D eigenvalue weighted by atomic mass is 9.98. The number of hydrogen-bond acceptors (Lipinski definition) is 6. The minimum Gasteiger partial charge on any atom is -0.460 e. The third kappa shape index (κ3) is 7.74. The van der Waals surface area contributed by atoms with Gasteiger partial charge in [0.1, 0.15) is 17.3 Å². The number of hydrogen-bond donors (Lipinski definition) is 1. The van der Waals surface area contributed by atoms with E-state index in [9.17, 15) is 9.59 Å². The van der Waals surface area contributed by atoms with Crippen LogP contribution in [0.15, 0.2) is 12.7 Å². The highest BCUT2D eigenvalue weighted by molar-refractivity contribution is 5.71. The van der Waals surface area contributed by atoms with E-state index >= 15 is 0 Å². The maximum Gasteiger partial charge on any atom is 0.408 e. The van der Waals surface area contributed by atoms with Crippen molar-refractivity contribution in [2.24, 2.45) is 0 Å². The summed E-state index contributed by atoms with van der Waals surface area (Å²) in [6.07, 6.45) is -0.262. The van der Waals surface area contributed by atoms with Gasteiger partial charge in [-0.05, 0) is 55.4 Å². The van der Waals surface area contributed by atoms with Gasteiger partial charge in [-0.3, -0.25) is 4.79 Å². The molecule has 1 rings (SSSR count). The normalized spacial score (nSPS) is 25.9. The van der Waals surface area contributed by atoms with Crippen molar-refractivity contribution in [2.45, 2.75) is 97.0 Å². The molecule has 7 nitrogen and oxygen atoms in total. The molecular weight excluding hydrogens is 338 g/mol. The molecule has 0 bridgehead atoms. The van der Waals surface area contributed by atoms with Crippen LogP contribution in [0, 0.1) is 0 Å². The van der Waals surface area contributed by atoms with E-state index in [4.69, 9.17) is 18.9 Å². The van der Waals surface area contributed by atoms with Crippen LogP contribution in [0.4, 0.5) is 4.79 Å². The van der Waals surface area contributed by atoms with E-state index in [2.05, 4.69) is 11.9 Å². The summed E-state index contributed by atoms with van der Waals surface area (Å²) in [6, 6.07) is -0.636. The van der Waals surface area contributed by atoms with Gasteiger partial charge >= 0.3 is 12.1 Å².